The van der Waals surface area contributed by atoms with Crippen LogP contribution < -0.4 is 4.74 Å². The van der Waals surface area contributed by atoms with Crippen molar-refractivity contribution in [3.8, 4) is 11.8 Å². The molecule has 0 aliphatic carbocycles. The lowest BCUT2D eigenvalue weighted by molar-refractivity contribution is 0.0777. The summed E-state index contributed by atoms with van der Waals surface area (Å²) in [5.74, 6) is 0.311. The average Bonchev–Trinajstić information content (AvgIpc) is 2.42. The zero-order chi connectivity index (χ0) is 11.5. The Morgan fingerprint density at radius 2 is 2.38 bits per heavy atom. The van der Waals surface area contributed by atoms with Gasteiger partial charge in [0, 0.05) is 5.02 Å². The first-order chi connectivity index (χ1) is 7.72. The molecule has 82 valence electrons. The standard InChI is InChI=1S/C11H9ClN2O2/c12-8-1-2-10-9(7-8)11(15)14(4-3-13)5-6-16-10/h1-2,7H,4-6H2. The number of fused-ring (bicyclic) bond motifs is 1. The lowest BCUT2D eigenvalue weighted by Gasteiger charge is -2.15. The Hall–Kier alpha value is -1.73. The number of halogens is 1. The highest BCUT2D eigenvalue weighted by molar-refractivity contribution is 6.31. The van der Waals surface area contributed by atoms with Gasteiger partial charge in [0.2, 0.25) is 0 Å². The first kappa shape index (κ1) is 10.8. The van der Waals surface area contributed by atoms with Crippen LogP contribution >= 0.6 is 11.6 Å². The highest BCUT2D eigenvalue weighted by Crippen LogP contribution is 2.26. The van der Waals surface area contributed by atoms with Crippen LogP contribution in [0.5, 0.6) is 5.75 Å². The van der Waals surface area contributed by atoms with Gasteiger partial charge in [0.25, 0.3) is 5.91 Å². The highest BCUT2D eigenvalue weighted by Gasteiger charge is 2.23. The fourth-order valence-corrected chi connectivity index (χ4v) is 1.74. The van der Waals surface area contributed by atoms with E-state index in [2.05, 4.69) is 0 Å². The van der Waals surface area contributed by atoms with Crippen molar-refractivity contribution in [2.24, 2.45) is 0 Å². The maximum atomic E-state index is 12.0. The minimum absolute atomic E-state index is 0.0636. The van der Waals surface area contributed by atoms with Crippen molar-refractivity contribution in [3.63, 3.8) is 0 Å². The molecule has 0 aromatic heterocycles. The topological polar surface area (TPSA) is 53.3 Å². The zero-order valence-corrected chi connectivity index (χ0v) is 9.20. The van der Waals surface area contributed by atoms with Crippen LogP contribution in [0.1, 0.15) is 10.4 Å². The third-order valence-electron chi connectivity index (χ3n) is 2.34. The molecule has 0 spiro atoms. The lowest BCUT2D eigenvalue weighted by atomic mass is 10.2. The summed E-state index contributed by atoms with van der Waals surface area (Å²) in [5.41, 5.74) is 0.417. The Bertz CT molecular complexity index is 468. The summed E-state index contributed by atoms with van der Waals surface area (Å²) >= 11 is 5.83. The van der Waals surface area contributed by atoms with E-state index in [1.54, 1.807) is 18.2 Å². The van der Waals surface area contributed by atoms with Crippen molar-refractivity contribution in [1.82, 2.24) is 4.90 Å². The molecule has 0 N–H and O–H groups in total. The number of hydrogen-bond acceptors (Lipinski definition) is 3. The van der Waals surface area contributed by atoms with Crippen LogP contribution in [0.25, 0.3) is 0 Å². The van der Waals surface area contributed by atoms with Crippen LogP contribution in [0.2, 0.25) is 5.02 Å². The van der Waals surface area contributed by atoms with Crippen LogP contribution in [-0.4, -0.2) is 30.5 Å². The fraction of sp³-hybridized carbons (Fsp3) is 0.273. The van der Waals surface area contributed by atoms with Gasteiger partial charge in [-0.2, -0.15) is 5.26 Å². The lowest BCUT2D eigenvalue weighted by Crippen LogP contribution is -2.32. The van der Waals surface area contributed by atoms with E-state index in [4.69, 9.17) is 21.6 Å². The molecule has 16 heavy (non-hydrogen) atoms. The number of benzene rings is 1. The molecule has 0 bridgehead atoms. The van der Waals surface area contributed by atoms with Gasteiger partial charge in [-0.3, -0.25) is 4.79 Å². The normalized spacial score (nSPS) is 14.8. The summed E-state index contributed by atoms with van der Waals surface area (Å²) in [4.78, 5) is 13.5. The second-order valence-electron chi connectivity index (χ2n) is 3.37. The summed E-state index contributed by atoms with van der Waals surface area (Å²) in [5, 5.41) is 9.10. The molecule has 1 heterocycles. The SMILES string of the molecule is N#CCN1CCOc2ccc(Cl)cc2C1=O. The van der Waals surface area contributed by atoms with Gasteiger partial charge in [0.1, 0.15) is 18.9 Å². The number of nitrogens with zero attached hydrogens (tertiary/aromatic N) is 2. The minimum atomic E-state index is -0.212. The Balaban J connectivity index is 2.40. The van der Waals surface area contributed by atoms with Crippen molar-refractivity contribution in [2.45, 2.75) is 0 Å². The minimum Gasteiger partial charge on any atom is -0.491 e. The molecule has 0 unspecified atom stereocenters. The summed E-state index contributed by atoms with van der Waals surface area (Å²) in [6, 6.07) is 6.87. The Morgan fingerprint density at radius 3 is 3.12 bits per heavy atom. The van der Waals surface area contributed by atoms with E-state index in [1.165, 1.54) is 4.90 Å². The number of carbonyl (C=O) groups is 1. The van der Waals surface area contributed by atoms with Gasteiger partial charge in [-0.25, -0.2) is 0 Å². The van der Waals surface area contributed by atoms with Crippen molar-refractivity contribution < 1.29 is 9.53 Å². The first-order valence-corrected chi connectivity index (χ1v) is 5.19. The number of amides is 1. The molecule has 0 atom stereocenters. The predicted molar refractivity (Wildman–Crippen MR) is 58.5 cm³/mol. The molecule has 2 rings (SSSR count). The third kappa shape index (κ3) is 1.95. The number of rotatable bonds is 1. The molecule has 1 aliphatic heterocycles. The number of hydrogen-bond donors (Lipinski definition) is 0. The van der Waals surface area contributed by atoms with Gasteiger partial charge in [-0.1, -0.05) is 11.6 Å². The molecule has 1 amide bonds. The van der Waals surface area contributed by atoms with E-state index in [9.17, 15) is 4.79 Å². The predicted octanol–water partition coefficient (Wildman–Crippen LogP) is 1.70. The van der Waals surface area contributed by atoms with E-state index < -0.39 is 0 Å². The third-order valence-corrected chi connectivity index (χ3v) is 2.57. The molecule has 0 fully saturated rings. The van der Waals surface area contributed by atoms with Crippen LogP contribution in [-0.2, 0) is 0 Å². The van der Waals surface area contributed by atoms with Crippen LogP contribution in [0.3, 0.4) is 0 Å². The molecule has 1 aromatic rings. The monoisotopic (exact) mass is 236 g/mol. The molecular formula is C11H9ClN2O2. The van der Waals surface area contributed by atoms with Crippen molar-refractivity contribution in [3.05, 3.63) is 28.8 Å². The Kier molecular flexibility index (Phi) is 2.97. The molecule has 1 aliphatic rings. The van der Waals surface area contributed by atoms with Gasteiger partial charge < -0.3 is 9.64 Å². The van der Waals surface area contributed by atoms with E-state index in [0.29, 0.717) is 29.5 Å². The molecule has 5 heteroatoms. The average molecular weight is 237 g/mol. The Morgan fingerprint density at radius 1 is 1.56 bits per heavy atom. The summed E-state index contributed by atoms with van der Waals surface area (Å²) in [7, 11) is 0. The molecule has 0 saturated carbocycles. The summed E-state index contributed by atoms with van der Waals surface area (Å²) in [6.07, 6.45) is 0. The maximum Gasteiger partial charge on any atom is 0.258 e. The second kappa shape index (κ2) is 4.42. The van der Waals surface area contributed by atoms with Crippen LogP contribution in [0.4, 0.5) is 0 Å². The molecule has 0 saturated heterocycles. The fourth-order valence-electron chi connectivity index (χ4n) is 1.57. The van der Waals surface area contributed by atoms with E-state index in [0.717, 1.165) is 0 Å². The van der Waals surface area contributed by atoms with Gasteiger partial charge in [-0.15, -0.1) is 0 Å². The van der Waals surface area contributed by atoms with E-state index >= 15 is 0 Å². The van der Waals surface area contributed by atoms with Gasteiger partial charge >= 0.3 is 0 Å². The summed E-state index contributed by atoms with van der Waals surface area (Å²) < 4.78 is 5.42. The van der Waals surface area contributed by atoms with E-state index in [-0.39, 0.29) is 12.5 Å². The number of carbonyl (C=O) groups excluding carboxylic acids is 1. The molecule has 1 aromatic carbocycles. The molecule has 0 radical (unpaired) electrons. The zero-order valence-electron chi connectivity index (χ0n) is 8.44. The molecule has 4 nitrogen and oxygen atoms in total. The van der Waals surface area contributed by atoms with Gasteiger partial charge in [0.15, 0.2) is 0 Å². The van der Waals surface area contributed by atoms with Crippen molar-refractivity contribution in [2.75, 3.05) is 19.7 Å². The van der Waals surface area contributed by atoms with Gasteiger partial charge in [-0.05, 0) is 18.2 Å². The van der Waals surface area contributed by atoms with Crippen LogP contribution in [0, 0.1) is 11.3 Å². The smallest absolute Gasteiger partial charge is 0.258 e. The summed E-state index contributed by atoms with van der Waals surface area (Å²) in [6.45, 7) is 0.870. The largest absolute Gasteiger partial charge is 0.491 e. The highest BCUT2D eigenvalue weighted by atomic mass is 35.5. The van der Waals surface area contributed by atoms with Crippen molar-refractivity contribution in [1.29, 1.82) is 5.26 Å². The van der Waals surface area contributed by atoms with Gasteiger partial charge in [0.05, 0.1) is 18.2 Å². The number of ether oxygens (including phenoxy) is 1. The van der Waals surface area contributed by atoms with E-state index in [1.807, 2.05) is 6.07 Å². The second-order valence-corrected chi connectivity index (χ2v) is 3.81. The van der Waals surface area contributed by atoms with Crippen molar-refractivity contribution >= 4 is 17.5 Å². The number of nitriles is 1. The first-order valence-electron chi connectivity index (χ1n) is 4.81. The quantitative estimate of drug-likeness (QED) is 0.698. The maximum absolute atomic E-state index is 12.0. The molecular weight excluding hydrogens is 228 g/mol. The van der Waals surface area contributed by atoms with Crippen LogP contribution in [0.15, 0.2) is 18.2 Å². The Labute approximate surface area is 98.0 Å².